The van der Waals surface area contributed by atoms with Gasteiger partial charge in [-0.15, -0.1) is 0 Å². The smallest absolute Gasteiger partial charge is 0.0515 e. The summed E-state index contributed by atoms with van der Waals surface area (Å²) in [5.74, 6) is 0. The van der Waals surface area contributed by atoms with Gasteiger partial charge in [0.1, 0.15) is 0 Å². The zero-order valence-electron chi connectivity index (χ0n) is 13.9. The van der Waals surface area contributed by atoms with Crippen LogP contribution in [0.4, 0.5) is 0 Å². The second kappa shape index (κ2) is 8.81. The van der Waals surface area contributed by atoms with Crippen molar-refractivity contribution >= 4 is 11.3 Å². The Hall–Kier alpha value is -0.380. The summed E-state index contributed by atoms with van der Waals surface area (Å²) in [5.41, 5.74) is 1.68. The van der Waals surface area contributed by atoms with Crippen LogP contribution in [0.25, 0.3) is 0 Å². The summed E-state index contributed by atoms with van der Waals surface area (Å²) in [7, 11) is 0. The summed E-state index contributed by atoms with van der Waals surface area (Å²) < 4.78 is 0. The molecule has 1 aromatic rings. The molecule has 0 aliphatic rings. The third-order valence-electron chi connectivity index (χ3n) is 4.63. The topological polar surface area (TPSA) is 15.3 Å². The lowest BCUT2D eigenvalue weighted by Crippen LogP contribution is -2.56. The van der Waals surface area contributed by atoms with Gasteiger partial charge in [0.25, 0.3) is 0 Å². The number of nitrogens with zero attached hydrogens (tertiary/aromatic N) is 1. The van der Waals surface area contributed by atoms with Crippen LogP contribution in [0.3, 0.4) is 0 Å². The quantitative estimate of drug-likeness (QED) is 0.674. The van der Waals surface area contributed by atoms with Gasteiger partial charge in [-0.2, -0.15) is 11.3 Å². The molecule has 0 aliphatic carbocycles. The molecule has 1 aromatic heterocycles. The molecule has 0 bridgehead atoms. The van der Waals surface area contributed by atoms with E-state index in [4.69, 9.17) is 0 Å². The van der Waals surface area contributed by atoms with Crippen LogP contribution in [-0.2, 0) is 0 Å². The van der Waals surface area contributed by atoms with Crippen molar-refractivity contribution in [3.63, 3.8) is 0 Å². The fourth-order valence-electron chi connectivity index (χ4n) is 3.49. The Kier molecular flexibility index (Phi) is 7.78. The Morgan fingerprint density at radius 3 is 2.20 bits per heavy atom. The van der Waals surface area contributed by atoms with Gasteiger partial charge >= 0.3 is 0 Å². The lowest BCUT2D eigenvalue weighted by molar-refractivity contribution is 0.0489. The predicted molar refractivity (Wildman–Crippen MR) is 91.6 cm³/mol. The first-order valence-corrected chi connectivity index (χ1v) is 9.14. The van der Waals surface area contributed by atoms with Gasteiger partial charge in [0.05, 0.1) is 6.04 Å². The van der Waals surface area contributed by atoms with Crippen molar-refractivity contribution in [2.45, 2.75) is 65.5 Å². The van der Waals surface area contributed by atoms with Crippen molar-refractivity contribution in [1.29, 1.82) is 0 Å². The lowest BCUT2D eigenvalue weighted by Gasteiger charge is -2.48. The van der Waals surface area contributed by atoms with E-state index in [1.807, 2.05) is 0 Å². The number of nitrogens with one attached hydrogen (secondary N) is 1. The molecule has 1 N–H and O–H groups in total. The van der Waals surface area contributed by atoms with Crippen molar-refractivity contribution in [1.82, 2.24) is 10.2 Å². The van der Waals surface area contributed by atoms with E-state index in [1.165, 1.54) is 24.8 Å². The van der Waals surface area contributed by atoms with Gasteiger partial charge < -0.3 is 5.32 Å². The van der Waals surface area contributed by atoms with E-state index in [0.29, 0.717) is 6.04 Å². The standard InChI is InChI=1S/C17H32N2S/c1-6-12-18-16(15-11-13-20-14-15)17(7-2,8-3)19(9-4)10-5/h11,13-14,16,18H,6-10,12H2,1-5H3. The monoisotopic (exact) mass is 296 g/mol. The normalized spacial score (nSPS) is 13.9. The first-order valence-electron chi connectivity index (χ1n) is 8.20. The minimum atomic E-state index is 0.222. The van der Waals surface area contributed by atoms with Crippen LogP contribution in [0.15, 0.2) is 16.8 Å². The Morgan fingerprint density at radius 2 is 1.80 bits per heavy atom. The van der Waals surface area contributed by atoms with E-state index in [1.54, 1.807) is 11.3 Å². The minimum absolute atomic E-state index is 0.222. The van der Waals surface area contributed by atoms with Gasteiger partial charge in [0.15, 0.2) is 0 Å². The van der Waals surface area contributed by atoms with Crippen molar-refractivity contribution in [2.75, 3.05) is 19.6 Å². The number of thiophene rings is 1. The van der Waals surface area contributed by atoms with E-state index in [-0.39, 0.29) is 5.54 Å². The Balaban J connectivity index is 3.15. The maximum Gasteiger partial charge on any atom is 0.0515 e. The molecule has 0 fully saturated rings. The largest absolute Gasteiger partial charge is 0.308 e. The average molecular weight is 297 g/mol. The molecule has 1 rings (SSSR count). The molecule has 0 aliphatic heterocycles. The molecule has 0 saturated heterocycles. The lowest BCUT2D eigenvalue weighted by atomic mass is 9.79. The fourth-order valence-corrected chi connectivity index (χ4v) is 4.17. The number of rotatable bonds is 10. The summed E-state index contributed by atoms with van der Waals surface area (Å²) >= 11 is 1.81. The van der Waals surface area contributed by atoms with Gasteiger partial charge in [-0.05, 0) is 61.3 Å². The van der Waals surface area contributed by atoms with Crippen LogP contribution in [0.1, 0.15) is 65.5 Å². The van der Waals surface area contributed by atoms with E-state index in [2.05, 4.69) is 61.7 Å². The molecule has 1 unspecified atom stereocenters. The number of likely N-dealkylation sites (N-methyl/N-ethyl adjacent to an activating group) is 1. The third kappa shape index (κ3) is 3.63. The summed E-state index contributed by atoms with van der Waals surface area (Å²) in [4.78, 5) is 2.65. The second-order valence-corrected chi connectivity index (χ2v) is 6.21. The molecule has 1 heterocycles. The van der Waals surface area contributed by atoms with Crippen LogP contribution >= 0.6 is 11.3 Å². The number of hydrogen-bond donors (Lipinski definition) is 1. The van der Waals surface area contributed by atoms with E-state index in [0.717, 1.165) is 19.6 Å². The van der Waals surface area contributed by atoms with Crippen LogP contribution in [-0.4, -0.2) is 30.1 Å². The molecule has 0 amide bonds. The molecule has 2 nitrogen and oxygen atoms in total. The first kappa shape index (κ1) is 17.7. The SMILES string of the molecule is CCCNC(c1ccsc1)C(CC)(CC)N(CC)CC. The van der Waals surface area contributed by atoms with Gasteiger partial charge in [0, 0.05) is 5.54 Å². The molecule has 116 valence electrons. The van der Waals surface area contributed by atoms with Crippen LogP contribution in [0.2, 0.25) is 0 Å². The van der Waals surface area contributed by atoms with Crippen LogP contribution in [0, 0.1) is 0 Å². The van der Waals surface area contributed by atoms with Crippen molar-refractivity contribution in [3.05, 3.63) is 22.4 Å². The second-order valence-electron chi connectivity index (χ2n) is 5.43. The summed E-state index contributed by atoms with van der Waals surface area (Å²) in [6, 6.07) is 2.73. The maximum absolute atomic E-state index is 3.83. The van der Waals surface area contributed by atoms with Gasteiger partial charge in [0.2, 0.25) is 0 Å². The highest BCUT2D eigenvalue weighted by Gasteiger charge is 2.40. The molecule has 0 radical (unpaired) electrons. The molecular weight excluding hydrogens is 264 g/mol. The summed E-state index contributed by atoms with van der Waals surface area (Å²) in [5, 5.41) is 8.35. The fraction of sp³-hybridized carbons (Fsp3) is 0.765. The third-order valence-corrected chi connectivity index (χ3v) is 5.33. The number of hydrogen-bond acceptors (Lipinski definition) is 3. The van der Waals surface area contributed by atoms with Crippen molar-refractivity contribution in [3.8, 4) is 0 Å². The molecular formula is C17H32N2S. The van der Waals surface area contributed by atoms with E-state index < -0.39 is 0 Å². The van der Waals surface area contributed by atoms with E-state index in [9.17, 15) is 0 Å². The Bertz CT molecular complexity index is 340. The average Bonchev–Trinajstić information content (AvgIpc) is 3.00. The van der Waals surface area contributed by atoms with Gasteiger partial charge in [-0.1, -0.05) is 34.6 Å². The van der Waals surface area contributed by atoms with Gasteiger partial charge in [-0.3, -0.25) is 4.90 Å². The van der Waals surface area contributed by atoms with Crippen LogP contribution < -0.4 is 5.32 Å². The van der Waals surface area contributed by atoms with Crippen molar-refractivity contribution in [2.24, 2.45) is 0 Å². The Labute approximate surface area is 129 Å². The zero-order valence-corrected chi connectivity index (χ0v) is 14.7. The Morgan fingerprint density at radius 1 is 1.15 bits per heavy atom. The highest BCUT2D eigenvalue weighted by atomic mass is 32.1. The molecule has 20 heavy (non-hydrogen) atoms. The molecule has 1 atom stereocenters. The molecule has 0 spiro atoms. The maximum atomic E-state index is 3.83. The minimum Gasteiger partial charge on any atom is -0.308 e. The molecule has 0 aromatic carbocycles. The van der Waals surface area contributed by atoms with Gasteiger partial charge in [-0.25, -0.2) is 0 Å². The zero-order chi connectivity index (χ0) is 15.0. The highest BCUT2D eigenvalue weighted by molar-refractivity contribution is 7.07. The molecule has 3 heteroatoms. The van der Waals surface area contributed by atoms with Crippen molar-refractivity contribution < 1.29 is 0 Å². The first-order chi connectivity index (χ1) is 9.69. The van der Waals surface area contributed by atoms with Crippen LogP contribution in [0.5, 0.6) is 0 Å². The molecule has 0 saturated carbocycles. The predicted octanol–water partition coefficient (Wildman–Crippen LogP) is 4.69. The summed E-state index contributed by atoms with van der Waals surface area (Å²) in [6.45, 7) is 14.8. The highest BCUT2D eigenvalue weighted by Crippen LogP contribution is 2.38. The van der Waals surface area contributed by atoms with E-state index >= 15 is 0 Å². The summed E-state index contributed by atoms with van der Waals surface area (Å²) in [6.07, 6.45) is 3.55.